The van der Waals surface area contributed by atoms with Crippen LogP contribution in [0.4, 0.5) is 14.9 Å². The molecule has 2 amide bonds. The van der Waals surface area contributed by atoms with Crippen LogP contribution in [0, 0.1) is 5.82 Å². The van der Waals surface area contributed by atoms with E-state index in [2.05, 4.69) is 5.32 Å². The first kappa shape index (κ1) is 15.1. The first-order valence-corrected chi connectivity index (χ1v) is 7.82. The number of hydrogen-bond acceptors (Lipinski definition) is 3. The average Bonchev–Trinajstić information content (AvgIpc) is 3.13. The Morgan fingerprint density at radius 2 is 2.09 bits per heavy atom. The molecule has 22 heavy (non-hydrogen) atoms. The molecule has 0 bridgehead atoms. The Hall–Kier alpha value is -1.82. The summed E-state index contributed by atoms with van der Waals surface area (Å²) in [5, 5.41) is 12.1. The molecule has 1 aromatic rings. The third-order valence-corrected chi connectivity index (χ3v) is 4.23. The number of urea groups is 1. The van der Waals surface area contributed by atoms with E-state index in [0.29, 0.717) is 25.2 Å². The molecule has 120 valence electrons. The van der Waals surface area contributed by atoms with Gasteiger partial charge in [0, 0.05) is 24.8 Å². The Morgan fingerprint density at radius 1 is 1.32 bits per heavy atom. The molecule has 5 nitrogen and oxygen atoms in total. The minimum Gasteiger partial charge on any atom is -0.487 e. The minimum atomic E-state index is -0.468. The third-order valence-electron chi connectivity index (χ3n) is 4.23. The summed E-state index contributed by atoms with van der Waals surface area (Å²) in [4.78, 5) is 13.5. The zero-order valence-corrected chi connectivity index (χ0v) is 12.4. The highest BCUT2D eigenvalue weighted by Crippen LogP contribution is 2.27. The van der Waals surface area contributed by atoms with Gasteiger partial charge in [0.1, 0.15) is 0 Å². The molecule has 1 heterocycles. The van der Waals surface area contributed by atoms with Crippen LogP contribution >= 0.6 is 0 Å². The maximum atomic E-state index is 14.1. The predicted octanol–water partition coefficient (Wildman–Crippen LogP) is 2.75. The van der Waals surface area contributed by atoms with Gasteiger partial charge in [-0.15, -0.1) is 0 Å². The van der Waals surface area contributed by atoms with E-state index in [4.69, 9.17) is 4.74 Å². The first-order valence-electron chi connectivity index (χ1n) is 7.82. The molecule has 0 spiro atoms. The summed E-state index contributed by atoms with van der Waals surface area (Å²) >= 11 is 0. The van der Waals surface area contributed by atoms with Gasteiger partial charge in [0.25, 0.3) is 0 Å². The second kappa shape index (κ2) is 6.52. The maximum absolute atomic E-state index is 14.1. The SMILES string of the molecule is O=C(Nc1ccc(OC2CCCC2)c(F)c1)N1CC[C@@H](O)C1. The van der Waals surface area contributed by atoms with Crippen molar-refractivity contribution in [1.29, 1.82) is 0 Å². The highest BCUT2D eigenvalue weighted by Gasteiger charge is 2.24. The molecular formula is C16H21FN2O3. The van der Waals surface area contributed by atoms with Gasteiger partial charge in [-0.3, -0.25) is 0 Å². The van der Waals surface area contributed by atoms with Crippen LogP contribution in [0.3, 0.4) is 0 Å². The van der Waals surface area contributed by atoms with Gasteiger partial charge in [0.15, 0.2) is 11.6 Å². The molecule has 1 aromatic carbocycles. The molecule has 3 rings (SSSR count). The van der Waals surface area contributed by atoms with Gasteiger partial charge in [-0.05, 0) is 44.2 Å². The zero-order chi connectivity index (χ0) is 15.5. The molecule has 1 atom stereocenters. The Kier molecular flexibility index (Phi) is 4.47. The summed E-state index contributed by atoms with van der Waals surface area (Å²) in [6, 6.07) is 4.15. The van der Waals surface area contributed by atoms with Crippen molar-refractivity contribution in [3.63, 3.8) is 0 Å². The van der Waals surface area contributed by atoms with Gasteiger partial charge in [-0.2, -0.15) is 0 Å². The molecule has 1 saturated heterocycles. The zero-order valence-electron chi connectivity index (χ0n) is 12.4. The van der Waals surface area contributed by atoms with Crippen molar-refractivity contribution in [3.05, 3.63) is 24.0 Å². The van der Waals surface area contributed by atoms with E-state index < -0.39 is 11.9 Å². The number of halogens is 1. The number of aliphatic hydroxyl groups excluding tert-OH is 1. The first-order chi connectivity index (χ1) is 10.6. The van der Waals surface area contributed by atoms with E-state index in [1.807, 2.05) is 0 Å². The number of benzene rings is 1. The average molecular weight is 308 g/mol. The summed E-state index contributed by atoms with van der Waals surface area (Å²) < 4.78 is 19.7. The van der Waals surface area contributed by atoms with Gasteiger partial charge in [0.05, 0.1) is 12.2 Å². The highest BCUT2D eigenvalue weighted by molar-refractivity contribution is 5.89. The lowest BCUT2D eigenvalue weighted by molar-refractivity contribution is 0.176. The second-order valence-corrected chi connectivity index (χ2v) is 5.99. The van der Waals surface area contributed by atoms with Gasteiger partial charge >= 0.3 is 6.03 Å². The number of rotatable bonds is 3. The van der Waals surface area contributed by atoms with Gasteiger partial charge < -0.3 is 20.1 Å². The summed E-state index contributed by atoms with van der Waals surface area (Å²) in [7, 11) is 0. The standard InChI is InChI=1S/C16H21FN2O3/c17-14-9-11(18-16(21)19-8-7-12(20)10-19)5-6-15(14)22-13-3-1-2-4-13/h5-6,9,12-13,20H,1-4,7-8,10H2,(H,18,21)/t12-/m1/s1. The number of amides is 2. The number of aliphatic hydroxyl groups is 1. The Bertz CT molecular complexity index is 546. The fourth-order valence-electron chi connectivity index (χ4n) is 2.99. The van der Waals surface area contributed by atoms with Crippen molar-refractivity contribution < 1.29 is 19.0 Å². The summed E-state index contributed by atoms with van der Waals surface area (Å²) in [5.74, 6) is -0.229. The molecule has 0 unspecified atom stereocenters. The molecule has 1 saturated carbocycles. The number of carbonyl (C=O) groups is 1. The molecule has 2 N–H and O–H groups in total. The quantitative estimate of drug-likeness (QED) is 0.902. The molecule has 6 heteroatoms. The van der Waals surface area contributed by atoms with Crippen LogP contribution < -0.4 is 10.1 Å². The van der Waals surface area contributed by atoms with E-state index in [0.717, 1.165) is 25.7 Å². The van der Waals surface area contributed by atoms with Crippen LogP contribution in [-0.2, 0) is 0 Å². The molecule has 0 aromatic heterocycles. The van der Waals surface area contributed by atoms with E-state index >= 15 is 0 Å². The van der Waals surface area contributed by atoms with E-state index in [-0.39, 0.29) is 17.9 Å². The molecule has 1 aliphatic heterocycles. The topological polar surface area (TPSA) is 61.8 Å². The van der Waals surface area contributed by atoms with Crippen molar-refractivity contribution >= 4 is 11.7 Å². The molecular weight excluding hydrogens is 287 g/mol. The van der Waals surface area contributed by atoms with Crippen molar-refractivity contribution in [1.82, 2.24) is 4.90 Å². The Labute approximate surface area is 129 Å². The number of ether oxygens (including phenoxy) is 1. The fraction of sp³-hybridized carbons (Fsp3) is 0.562. The van der Waals surface area contributed by atoms with E-state index in [1.54, 1.807) is 12.1 Å². The van der Waals surface area contributed by atoms with Crippen LogP contribution in [0.15, 0.2) is 18.2 Å². The fourth-order valence-corrected chi connectivity index (χ4v) is 2.99. The molecule has 1 aliphatic carbocycles. The van der Waals surface area contributed by atoms with Crippen LogP contribution in [0.25, 0.3) is 0 Å². The summed E-state index contributed by atoms with van der Waals surface area (Å²) in [6.45, 7) is 0.829. The normalized spacial score (nSPS) is 22.1. The highest BCUT2D eigenvalue weighted by atomic mass is 19.1. The molecule has 2 aliphatic rings. The maximum Gasteiger partial charge on any atom is 0.321 e. The number of nitrogens with zero attached hydrogens (tertiary/aromatic N) is 1. The van der Waals surface area contributed by atoms with Crippen LogP contribution in [0.1, 0.15) is 32.1 Å². The van der Waals surface area contributed by atoms with Crippen LogP contribution in [0.5, 0.6) is 5.75 Å². The third kappa shape index (κ3) is 3.50. The lowest BCUT2D eigenvalue weighted by Crippen LogP contribution is -2.33. The minimum absolute atomic E-state index is 0.0982. The van der Waals surface area contributed by atoms with E-state index in [1.165, 1.54) is 11.0 Å². The predicted molar refractivity (Wildman–Crippen MR) is 80.5 cm³/mol. The van der Waals surface area contributed by atoms with Crippen LogP contribution in [-0.4, -0.2) is 41.3 Å². The number of β-amino-alcohol motifs (C(OH)–C–C–N with tert-alkyl or cyclic N) is 1. The molecule has 2 fully saturated rings. The number of likely N-dealkylation sites (tertiary alicyclic amines) is 1. The smallest absolute Gasteiger partial charge is 0.321 e. The number of anilines is 1. The summed E-state index contributed by atoms with van der Waals surface area (Å²) in [5.41, 5.74) is 0.391. The van der Waals surface area contributed by atoms with Gasteiger partial charge in [-0.25, -0.2) is 9.18 Å². The Balaban J connectivity index is 1.60. The van der Waals surface area contributed by atoms with E-state index in [9.17, 15) is 14.3 Å². The number of hydrogen-bond donors (Lipinski definition) is 2. The van der Waals surface area contributed by atoms with Crippen LogP contribution in [0.2, 0.25) is 0 Å². The van der Waals surface area contributed by atoms with Crippen molar-refractivity contribution in [2.45, 2.75) is 44.3 Å². The monoisotopic (exact) mass is 308 g/mol. The molecule has 0 radical (unpaired) electrons. The lowest BCUT2D eigenvalue weighted by Gasteiger charge is -2.17. The summed E-state index contributed by atoms with van der Waals surface area (Å²) in [6.07, 6.45) is 4.40. The number of carbonyl (C=O) groups excluding carboxylic acids is 1. The Morgan fingerprint density at radius 3 is 2.73 bits per heavy atom. The van der Waals surface area contributed by atoms with Crippen molar-refractivity contribution in [2.24, 2.45) is 0 Å². The largest absolute Gasteiger partial charge is 0.487 e. The number of nitrogens with one attached hydrogen (secondary N) is 1. The lowest BCUT2D eigenvalue weighted by atomic mass is 10.2. The van der Waals surface area contributed by atoms with Gasteiger partial charge in [0.2, 0.25) is 0 Å². The second-order valence-electron chi connectivity index (χ2n) is 5.99. The van der Waals surface area contributed by atoms with Crippen molar-refractivity contribution in [3.8, 4) is 5.75 Å². The van der Waals surface area contributed by atoms with Crippen molar-refractivity contribution in [2.75, 3.05) is 18.4 Å². The van der Waals surface area contributed by atoms with Gasteiger partial charge in [-0.1, -0.05) is 0 Å².